The number of imidazole rings is 1. The minimum Gasteiger partial charge on any atom is -0.336 e. The molecule has 2 heterocycles. The standard InChI is InChI=1S/C27H22FN5OS/c1-31(26(34)24-16-29-27(35)33(24)23-14-12-21(28)13-15-23)17-20-18-32(22-10-6-3-7-11-22)30-25(20)19-8-4-2-5-9-19/h2-16,18H,17H2,1H3,(H,29,35). The molecule has 8 heteroatoms. The Hall–Kier alpha value is -4.30. The van der Waals surface area contributed by atoms with Gasteiger partial charge in [0.1, 0.15) is 11.5 Å². The average molecular weight is 484 g/mol. The zero-order valence-electron chi connectivity index (χ0n) is 18.9. The van der Waals surface area contributed by atoms with Gasteiger partial charge in [0.25, 0.3) is 5.91 Å². The van der Waals surface area contributed by atoms with Crippen molar-refractivity contribution in [3.8, 4) is 22.6 Å². The molecule has 0 atom stereocenters. The number of para-hydroxylation sites is 1. The molecule has 0 aliphatic carbocycles. The second-order valence-electron chi connectivity index (χ2n) is 8.10. The van der Waals surface area contributed by atoms with Crippen molar-refractivity contribution >= 4 is 18.1 Å². The number of rotatable bonds is 6. The molecule has 0 radical (unpaired) electrons. The molecule has 0 aliphatic heterocycles. The second kappa shape index (κ2) is 9.52. The highest BCUT2D eigenvalue weighted by Crippen LogP contribution is 2.25. The predicted octanol–water partition coefficient (Wildman–Crippen LogP) is 5.80. The third-order valence-corrected chi connectivity index (χ3v) is 5.99. The minimum absolute atomic E-state index is 0.229. The molecule has 1 N–H and O–H groups in total. The number of carbonyl (C=O) groups excluding carboxylic acids is 1. The van der Waals surface area contributed by atoms with E-state index in [1.807, 2.05) is 71.5 Å². The van der Waals surface area contributed by atoms with Crippen LogP contribution in [0.3, 0.4) is 0 Å². The van der Waals surface area contributed by atoms with Crippen molar-refractivity contribution in [1.82, 2.24) is 24.2 Å². The summed E-state index contributed by atoms with van der Waals surface area (Å²) in [5, 5.41) is 4.83. The van der Waals surface area contributed by atoms with Gasteiger partial charge in [0, 0.05) is 42.8 Å². The Morgan fingerprint density at radius 3 is 2.31 bits per heavy atom. The summed E-state index contributed by atoms with van der Waals surface area (Å²) < 4.78 is 17.2. The summed E-state index contributed by atoms with van der Waals surface area (Å²) in [6, 6.07) is 25.6. The Morgan fingerprint density at radius 1 is 0.971 bits per heavy atom. The van der Waals surface area contributed by atoms with Crippen LogP contribution in [-0.4, -0.2) is 37.2 Å². The van der Waals surface area contributed by atoms with Crippen LogP contribution in [0.4, 0.5) is 4.39 Å². The van der Waals surface area contributed by atoms with Gasteiger partial charge in [-0.15, -0.1) is 0 Å². The number of nitrogens with zero attached hydrogens (tertiary/aromatic N) is 4. The van der Waals surface area contributed by atoms with Gasteiger partial charge in [0.05, 0.1) is 11.4 Å². The Bertz CT molecular complexity index is 1520. The molecular weight excluding hydrogens is 461 g/mol. The third kappa shape index (κ3) is 4.56. The van der Waals surface area contributed by atoms with Crippen LogP contribution in [0.2, 0.25) is 0 Å². The van der Waals surface area contributed by atoms with Gasteiger partial charge in [-0.05, 0) is 48.6 Å². The number of H-pyrrole nitrogens is 1. The summed E-state index contributed by atoms with van der Waals surface area (Å²) in [6.45, 7) is 0.331. The van der Waals surface area contributed by atoms with Crippen molar-refractivity contribution in [3.63, 3.8) is 0 Å². The number of halogens is 1. The number of carbonyl (C=O) groups is 1. The summed E-state index contributed by atoms with van der Waals surface area (Å²) in [4.78, 5) is 18.0. The topological polar surface area (TPSA) is 58.9 Å². The zero-order valence-corrected chi connectivity index (χ0v) is 19.7. The van der Waals surface area contributed by atoms with Crippen molar-refractivity contribution < 1.29 is 9.18 Å². The van der Waals surface area contributed by atoms with Crippen molar-refractivity contribution in [2.24, 2.45) is 0 Å². The number of nitrogens with one attached hydrogen (secondary N) is 1. The first-order chi connectivity index (χ1) is 17.0. The fourth-order valence-corrected chi connectivity index (χ4v) is 4.24. The van der Waals surface area contributed by atoms with E-state index in [1.165, 1.54) is 12.1 Å². The van der Waals surface area contributed by atoms with Gasteiger partial charge >= 0.3 is 0 Å². The van der Waals surface area contributed by atoms with Gasteiger partial charge in [-0.1, -0.05) is 48.5 Å². The van der Waals surface area contributed by atoms with Gasteiger partial charge in [-0.25, -0.2) is 9.07 Å². The molecule has 1 amide bonds. The quantitative estimate of drug-likeness (QED) is 0.311. The number of hydrogen-bond acceptors (Lipinski definition) is 3. The van der Waals surface area contributed by atoms with Crippen molar-refractivity contribution in [1.29, 1.82) is 0 Å². The van der Waals surface area contributed by atoms with E-state index in [-0.39, 0.29) is 11.7 Å². The van der Waals surface area contributed by atoms with E-state index in [1.54, 1.807) is 34.8 Å². The minimum atomic E-state index is -0.357. The highest BCUT2D eigenvalue weighted by atomic mass is 32.1. The summed E-state index contributed by atoms with van der Waals surface area (Å²) in [6.07, 6.45) is 3.53. The molecule has 0 aliphatic rings. The van der Waals surface area contributed by atoms with Crippen LogP contribution in [0, 0.1) is 10.6 Å². The number of hydrogen-bond donors (Lipinski definition) is 1. The maximum atomic E-state index is 13.5. The number of aromatic nitrogens is 4. The summed E-state index contributed by atoms with van der Waals surface area (Å²) in [5.74, 6) is -0.585. The first-order valence-corrected chi connectivity index (χ1v) is 11.4. The smallest absolute Gasteiger partial charge is 0.272 e. The Labute approximate surface area is 206 Å². The lowest BCUT2D eigenvalue weighted by atomic mass is 10.1. The summed E-state index contributed by atoms with van der Waals surface area (Å²) in [7, 11) is 1.74. The maximum absolute atomic E-state index is 13.5. The molecule has 3 aromatic carbocycles. The monoisotopic (exact) mass is 483 g/mol. The maximum Gasteiger partial charge on any atom is 0.272 e. The molecule has 2 aromatic heterocycles. The predicted molar refractivity (Wildman–Crippen MR) is 136 cm³/mol. The molecule has 5 aromatic rings. The highest BCUT2D eigenvalue weighted by molar-refractivity contribution is 7.71. The molecule has 0 saturated carbocycles. The lowest BCUT2D eigenvalue weighted by Gasteiger charge is -2.18. The summed E-state index contributed by atoms with van der Waals surface area (Å²) in [5.41, 5.74) is 4.57. The second-order valence-corrected chi connectivity index (χ2v) is 8.49. The Morgan fingerprint density at radius 2 is 1.63 bits per heavy atom. The molecule has 0 fully saturated rings. The number of benzene rings is 3. The van der Waals surface area contributed by atoms with Gasteiger partial charge < -0.3 is 9.88 Å². The van der Waals surface area contributed by atoms with Crippen LogP contribution >= 0.6 is 12.2 Å². The lowest BCUT2D eigenvalue weighted by Crippen LogP contribution is -2.28. The largest absolute Gasteiger partial charge is 0.336 e. The van der Waals surface area contributed by atoms with Crippen LogP contribution in [0.25, 0.3) is 22.6 Å². The molecular formula is C27H22FN5OS. The van der Waals surface area contributed by atoms with E-state index < -0.39 is 0 Å². The van der Waals surface area contributed by atoms with Crippen LogP contribution < -0.4 is 0 Å². The normalized spacial score (nSPS) is 10.9. The average Bonchev–Trinajstić information content (AvgIpc) is 3.49. The van der Waals surface area contributed by atoms with Gasteiger partial charge in [0.15, 0.2) is 4.77 Å². The fourth-order valence-electron chi connectivity index (χ4n) is 3.97. The van der Waals surface area contributed by atoms with E-state index in [9.17, 15) is 9.18 Å². The fraction of sp³-hybridized carbons (Fsp3) is 0.0741. The molecule has 0 bridgehead atoms. The van der Waals surface area contributed by atoms with E-state index in [2.05, 4.69) is 4.98 Å². The Kier molecular flexibility index (Phi) is 6.12. The zero-order chi connectivity index (χ0) is 24.4. The third-order valence-electron chi connectivity index (χ3n) is 5.69. The van der Waals surface area contributed by atoms with E-state index in [0.29, 0.717) is 22.7 Å². The first kappa shape index (κ1) is 22.5. The van der Waals surface area contributed by atoms with Crippen molar-refractivity contribution in [2.75, 3.05) is 7.05 Å². The SMILES string of the molecule is CN(Cc1cn(-c2ccccc2)nc1-c1ccccc1)C(=O)c1c[nH]c(=S)n1-c1ccc(F)cc1. The van der Waals surface area contributed by atoms with Crippen LogP contribution in [0.15, 0.2) is 97.3 Å². The van der Waals surface area contributed by atoms with E-state index in [0.717, 1.165) is 22.5 Å². The van der Waals surface area contributed by atoms with Gasteiger partial charge in [0.2, 0.25) is 0 Å². The van der Waals surface area contributed by atoms with Crippen LogP contribution in [0.1, 0.15) is 16.1 Å². The molecule has 35 heavy (non-hydrogen) atoms. The van der Waals surface area contributed by atoms with Crippen molar-refractivity contribution in [2.45, 2.75) is 6.54 Å². The summed E-state index contributed by atoms with van der Waals surface area (Å²) >= 11 is 5.39. The molecule has 5 rings (SSSR count). The van der Waals surface area contributed by atoms with Crippen molar-refractivity contribution in [3.05, 3.63) is 119 Å². The molecule has 174 valence electrons. The molecule has 0 unspecified atom stereocenters. The number of amides is 1. The highest BCUT2D eigenvalue weighted by Gasteiger charge is 2.21. The lowest BCUT2D eigenvalue weighted by molar-refractivity contribution is 0.0777. The molecule has 0 spiro atoms. The Balaban J connectivity index is 1.49. The van der Waals surface area contributed by atoms with Gasteiger partial charge in [-0.3, -0.25) is 9.36 Å². The first-order valence-electron chi connectivity index (χ1n) is 11.0. The van der Waals surface area contributed by atoms with Gasteiger partial charge in [-0.2, -0.15) is 5.10 Å². The van der Waals surface area contributed by atoms with Crippen LogP contribution in [0.5, 0.6) is 0 Å². The number of aromatic amines is 1. The molecule has 0 saturated heterocycles. The van der Waals surface area contributed by atoms with E-state index >= 15 is 0 Å². The van der Waals surface area contributed by atoms with E-state index in [4.69, 9.17) is 17.3 Å². The van der Waals surface area contributed by atoms with Crippen LogP contribution in [-0.2, 0) is 6.54 Å². The molecule has 6 nitrogen and oxygen atoms in total.